The number of pyridine rings is 1. The van der Waals surface area contributed by atoms with Crippen molar-refractivity contribution in [2.75, 3.05) is 0 Å². The van der Waals surface area contributed by atoms with Crippen molar-refractivity contribution < 1.29 is 9.90 Å². The molecule has 0 bridgehead atoms. The lowest BCUT2D eigenvalue weighted by molar-refractivity contribution is -0.136. The molecule has 0 saturated heterocycles. The molecule has 108 valence electrons. The highest BCUT2D eigenvalue weighted by Crippen LogP contribution is 2.11. The second kappa shape index (κ2) is 6.32. The van der Waals surface area contributed by atoms with Crippen LogP contribution in [-0.4, -0.2) is 20.6 Å². The number of hydrogen-bond donors (Lipinski definition) is 2. The lowest BCUT2D eigenvalue weighted by Gasteiger charge is -2.11. The Morgan fingerprint density at radius 2 is 1.86 bits per heavy atom. The van der Waals surface area contributed by atoms with Crippen molar-refractivity contribution in [1.29, 1.82) is 0 Å². The van der Waals surface area contributed by atoms with E-state index in [2.05, 4.69) is 0 Å². The van der Waals surface area contributed by atoms with Gasteiger partial charge < -0.3 is 15.4 Å². The normalized spacial score (nSPS) is 10.3. The van der Waals surface area contributed by atoms with Crippen LogP contribution in [0.4, 0.5) is 0 Å². The zero-order chi connectivity index (χ0) is 15.4. The molecule has 21 heavy (non-hydrogen) atoms. The van der Waals surface area contributed by atoms with Crippen LogP contribution < -0.4 is 11.3 Å². The number of nitrogens with zero attached hydrogens (tertiary/aromatic N) is 1. The van der Waals surface area contributed by atoms with Crippen molar-refractivity contribution in [2.45, 2.75) is 13.0 Å². The number of rotatable bonds is 5. The Bertz CT molecular complexity index is 753. The number of carboxylic acids is 1. The fourth-order valence-electron chi connectivity index (χ4n) is 2.08. The molecule has 1 aromatic heterocycles. The van der Waals surface area contributed by atoms with Gasteiger partial charge >= 0.3 is 5.97 Å². The van der Waals surface area contributed by atoms with Crippen molar-refractivity contribution in [3.63, 3.8) is 0 Å². The number of carbonyl (C=O) groups is 1. The summed E-state index contributed by atoms with van der Waals surface area (Å²) in [6.07, 6.45) is 1.54. The van der Waals surface area contributed by atoms with Crippen LogP contribution in [0, 0.1) is 0 Å². The summed E-state index contributed by atoms with van der Waals surface area (Å²) in [4.78, 5) is 23.2. The number of aromatic nitrogens is 1. The lowest BCUT2D eigenvalue weighted by Crippen LogP contribution is -2.29. The Labute approximate surface area is 126 Å². The molecule has 1 heterocycles. The number of benzene rings is 1. The maximum absolute atomic E-state index is 12.2. The van der Waals surface area contributed by atoms with Gasteiger partial charge in [-0.05, 0) is 23.3 Å². The van der Waals surface area contributed by atoms with Crippen molar-refractivity contribution in [2.24, 2.45) is 5.73 Å². The third-order valence-electron chi connectivity index (χ3n) is 3.09. The standard InChI is InChI=1S/C15H14N2O3S/c16-14(21)12-6-3-7-17(15(12)20)9-11-5-2-1-4-10(11)8-13(18)19/h1-7H,8-9H2,(H2,16,21)(H,18,19). The topological polar surface area (TPSA) is 85.3 Å². The van der Waals surface area contributed by atoms with E-state index in [1.165, 1.54) is 4.57 Å². The van der Waals surface area contributed by atoms with E-state index < -0.39 is 5.97 Å². The molecule has 0 aliphatic rings. The molecule has 2 rings (SSSR count). The van der Waals surface area contributed by atoms with E-state index in [0.29, 0.717) is 5.56 Å². The minimum Gasteiger partial charge on any atom is -0.481 e. The van der Waals surface area contributed by atoms with Crippen LogP contribution in [0.5, 0.6) is 0 Å². The first kappa shape index (κ1) is 14.9. The first-order valence-electron chi connectivity index (χ1n) is 6.27. The Morgan fingerprint density at radius 3 is 2.48 bits per heavy atom. The predicted molar refractivity (Wildman–Crippen MR) is 83.5 cm³/mol. The minimum absolute atomic E-state index is 0.0492. The summed E-state index contributed by atoms with van der Waals surface area (Å²) in [5.41, 5.74) is 6.97. The maximum atomic E-state index is 12.2. The first-order valence-corrected chi connectivity index (χ1v) is 6.67. The third kappa shape index (κ3) is 3.55. The summed E-state index contributed by atoms with van der Waals surface area (Å²) in [6, 6.07) is 10.4. The fourth-order valence-corrected chi connectivity index (χ4v) is 2.23. The summed E-state index contributed by atoms with van der Waals surface area (Å²) in [6.45, 7) is 0.277. The molecule has 5 nitrogen and oxygen atoms in total. The molecule has 0 spiro atoms. The lowest BCUT2D eigenvalue weighted by atomic mass is 10.0. The fraction of sp³-hybridized carbons (Fsp3) is 0.133. The first-order chi connectivity index (χ1) is 9.99. The zero-order valence-corrected chi connectivity index (χ0v) is 12.0. The van der Waals surface area contributed by atoms with Crippen molar-refractivity contribution in [3.8, 4) is 0 Å². The highest BCUT2D eigenvalue weighted by Gasteiger charge is 2.09. The van der Waals surface area contributed by atoms with Crippen molar-refractivity contribution in [1.82, 2.24) is 4.57 Å². The molecule has 3 N–H and O–H groups in total. The van der Waals surface area contributed by atoms with Gasteiger partial charge in [-0.25, -0.2) is 0 Å². The number of carboxylic acid groups (broad SMARTS) is 1. The smallest absolute Gasteiger partial charge is 0.307 e. The Morgan fingerprint density at radius 1 is 1.19 bits per heavy atom. The molecule has 2 aromatic rings. The maximum Gasteiger partial charge on any atom is 0.307 e. The molecule has 6 heteroatoms. The Hall–Kier alpha value is -2.47. The molecule has 0 aliphatic heterocycles. The summed E-state index contributed by atoms with van der Waals surface area (Å²) < 4.78 is 1.47. The molecule has 0 fully saturated rings. The third-order valence-corrected chi connectivity index (χ3v) is 3.31. The summed E-state index contributed by atoms with van der Waals surface area (Å²) in [7, 11) is 0. The Kier molecular flexibility index (Phi) is 4.49. The van der Waals surface area contributed by atoms with Crippen LogP contribution >= 0.6 is 12.2 Å². The van der Waals surface area contributed by atoms with E-state index in [-0.39, 0.29) is 29.1 Å². The molecule has 0 atom stereocenters. The van der Waals surface area contributed by atoms with Gasteiger partial charge in [0.25, 0.3) is 5.56 Å². The summed E-state index contributed by atoms with van der Waals surface area (Å²) >= 11 is 4.84. The van der Waals surface area contributed by atoms with Gasteiger partial charge in [0.2, 0.25) is 0 Å². The highest BCUT2D eigenvalue weighted by molar-refractivity contribution is 7.80. The van der Waals surface area contributed by atoms with E-state index in [9.17, 15) is 9.59 Å². The zero-order valence-electron chi connectivity index (χ0n) is 11.2. The van der Waals surface area contributed by atoms with Gasteiger partial charge in [0.05, 0.1) is 18.5 Å². The van der Waals surface area contributed by atoms with Crippen LogP contribution in [0.1, 0.15) is 16.7 Å². The van der Waals surface area contributed by atoms with Crippen molar-refractivity contribution >= 4 is 23.2 Å². The second-order valence-electron chi connectivity index (χ2n) is 4.56. The number of hydrogen-bond acceptors (Lipinski definition) is 3. The van der Waals surface area contributed by atoms with E-state index >= 15 is 0 Å². The molecule has 0 saturated carbocycles. The van der Waals surface area contributed by atoms with Crippen LogP contribution in [0.3, 0.4) is 0 Å². The van der Waals surface area contributed by atoms with Gasteiger partial charge in [0.1, 0.15) is 4.99 Å². The van der Waals surface area contributed by atoms with Crippen LogP contribution in [-0.2, 0) is 17.8 Å². The molecule has 0 radical (unpaired) electrons. The average Bonchev–Trinajstić information content (AvgIpc) is 2.42. The SMILES string of the molecule is NC(=S)c1cccn(Cc2ccccc2CC(=O)O)c1=O. The van der Waals surface area contributed by atoms with E-state index in [4.69, 9.17) is 23.1 Å². The predicted octanol–water partition coefficient (Wildman–Crippen LogP) is 1.16. The number of aliphatic carboxylic acids is 1. The summed E-state index contributed by atoms with van der Waals surface area (Å²) in [5.74, 6) is -0.910. The van der Waals surface area contributed by atoms with Gasteiger partial charge in [-0.2, -0.15) is 0 Å². The van der Waals surface area contributed by atoms with Gasteiger partial charge in [0.15, 0.2) is 0 Å². The summed E-state index contributed by atoms with van der Waals surface area (Å²) in [5, 5.41) is 8.93. The highest BCUT2D eigenvalue weighted by atomic mass is 32.1. The van der Waals surface area contributed by atoms with Gasteiger partial charge in [-0.15, -0.1) is 0 Å². The number of thiocarbonyl (C=S) groups is 1. The number of nitrogens with two attached hydrogens (primary N) is 1. The molecular weight excluding hydrogens is 288 g/mol. The molecule has 0 unspecified atom stereocenters. The average molecular weight is 302 g/mol. The van der Waals surface area contributed by atoms with Crippen LogP contribution in [0.25, 0.3) is 0 Å². The Balaban J connectivity index is 2.39. The second-order valence-corrected chi connectivity index (χ2v) is 5.00. The molecule has 0 amide bonds. The van der Waals surface area contributed by atoms with E-state index in [0.717, 1.165) is 5.56 Å². The van der Waals surface area contributed by atoms with E-state index in [1.54, 1.807) is 36.5 Å². The van der Waals surface area contributed by atoms with Crippen LogP contribution in [0.2, 0.25) is 0 Å². The van der Waals surface area contributed by atoms with E-state index in [1.807, 2.05) is 6.07 Å². The largest absolute Gasteiger partial charge is 0.481 e. The van der Waals surface area contributed by atoms with Gasteiger partial charge in [0, 0.05) is 6.20 Å². The monoisotopic (exact) mass is 302 g/mol. The van der Waals surface area contributed by atoms with Gasteiger partial charge in [-0.1, -0.05) is 36.5 Å². The van der Waals surface area contributed by atoms with Gasteiger partial charge in [-0.3, -0.25) is 9.59 Å². The molecule has 1 aromatic carbocycles. The molecular formula is C15H14N2O3S. The quantitative estimate of drug-likeness (QED) is 0.810. The van der Waals surface area contributed by atoms with Crippen molar-refractivity contribution in [3.05, 3.63) is 69.6 Å². The molecule has 0 aliphatic carbocycles. The van der Waals surface area contributed by atoms with Crippen LogP contribution in [0.15, 0.2) is 47.4 Å². The minimum atomic E-state index is -0.910.